The molecule has 5 nitrogen and oxygen atoms in total. The van der Waals surface area contributed by atoms with E-state index in [9.17, 15) is 4.79 Å². The first kappa shape index (κ1) is 16.7. The summed E-state index contributed by atoms with van der Waals surface area (Å²) in [5, 5.41) is 12.5. The van der Waals surface area contributed by atoms with Crippen LogP contribution in [-0.2, 0) is 11.3 Å². The lowest BCUT2D eigenvalue weighted by molar-refractivity contribution is -0.127. The van der Waals surface area contributed by atoms with Crippen molar-refractivity contribution in [2.75, 3.05) is 12.8 Å². The summed E-state index contributed by atoms with van der Waals surface area (Å²) in [5.74, 6) is 0.776. The van der Waals surface area contributed by atoms with E-state index in [-0.39, 0.29) is 11.7 Å². The zero-order valence-corrected chi connectivity index (χ0v) is 15.1. The van der Waals surface area contributed by atoms with Gasteiger partial charge in [-0.05, 0) is 41.4 Å². The summed E-state index contributed by atoms with van der Waals surface area (Å²) < 4.78 is 5.63. The first-order valence-electron chi connectivity index (χ1n) is 7.40. The van der Waals surface area contributed by atoms with Crippen LogP contribution in [0.4, 0.5) is 0 Å². The fourth-order valence-electron chi connectivity index (χ4n) is 2.14. The molecule has 2 aromatic heterocycles. The standard InChI is InChI=1S/C17H17N3O2S2/c1-12-4-3-5-14(8-12)16-18-19-17(22-16)24-11-15(21)20(2)9-13-6-7-23-10-13/h3-8,10H,9,11H2,1-2H3. The Balaban J connectivity index is 1.56. The number of aryl methyl sites for hydroxylation is 1. The molecule has 124 valence electrons. The van der Waals surface area contributed by atoms with Crippen LogP contribution in [0, 0.1) is 6.92 Å². The van der Waals surface area contributed by atoms with Crippen LogP contribution in [0.25, 0.3) is 11.5 Å². The lowest BCUT2D eigenvalue weighted by Gasteiger charge is -2.15. The molecule has 0 spiro atoms. The van der Waals surface area contributed by atoms with Gasteiger partial charge in [0.05, 0.1) is 5.75 Å². The number of thioether (sulfide) groups is 1. The van der Waals surface area contributed by atoms with E-state index in [2.05, 4.69) is 10.2 Å². The zero-order valence-electron chi connectivity index (χ0n) is 13.4. The van der Waals surface area contributed by atoms with Crippen molar-refractivity contribution in [2.45, 2.75) is 18.7 Å². The average Bonchev–Trinajstić information content (AvgIpc) is 3.24. The van der Waals surface area contributed by atoms with E-state index in [1.165, 1.54) is 11.8 Å². The van der Waals surface area contributed by atoms with Gasteiger partial charge in [0.1, 0.15) is 0 Å². The highest BCUT2D eigenvalue weighted by atomic mass is 32.2. The highest BCUT2D eigenvalue weighted by Crippen LogP contribution is 2.24. The van der Waals surface area contributed by atoms with Crippen LogP contribution in [0.1, 0.15) is 11.1 Å². The first-order chi connectivity index (χ1) is 11.6. The topological polar surface area (TPSA) is 59.2 Å². The summed E-state index contributed by atoms with van der Waals surface area (Å²) in [5.41, 5.74) is 3.15. The number of nitrogens with zero attached hydrogens (tertiary/aromatic N) is 3. The second-order valence-corrected chi connectivity index (χ2v) is 7.12. The van der Waals surface area contributed by atoms with E-state index >= 15 is 0 Å². The minimum atomic E-state index is 0.0292. The van der Waals surface area contributed by atoms with Gasteiger partial charge in [0.2, 0.25) is 11.8 Å². The third kappa shape index (κ3) is 4.24. The Bertz CT molecular complexity index is 815. The molecule has 3 aromatic rings. The molecule has 1 amide bonds. The summed E-state index contributed by atoms with van der Waals surface area (Å²) in [6.45, 7) is 2.62. The van der Waals surface area contributed by atoms with E-state index in [1.54, 1.807) is 23.3 Å². The van der Waals surface area contributed by atoms with Gasteiger partial charge in [-0.15, -0.1) is 10.2 Å². The molecular formula is C17H17N3O2S2. The molecule has 1 aromatic carbocycles. The third-order valence-corrected chi connectivity index (χ3v) is 4.95. The molecule has 0 N–H and O–H groups in total. The minimum Gasteiger partial charge on any atom is -0.411 e. The Labute approximate surface area is 148 Å². The fourth-order valence-corrected chi connectivity index (χ4v) is 3.50. The minimum absolute atomic E-state index is 0.0292. The molecule has 0 saturated carbocycles. The predicted molar refractivity (Wildman–Crippen MR) is 96.0 cm³/mol. The number of hydrogen-bond acceptors (Lipinski definition) is 6. The van der Waals surface area contributed by atoms with Crippen LogP contribution in [0.3, 0.4) is 0 Å². The van der Waals surface area contributed by atoms with Crippen LogP contribution in [-0.4, -0.2) is 33.8 Å². The number of hydrogen-bond donors (Lipinski definition) is 0. The number of amides is 1. The van der Waals surface area contributed by atoms with Crippen molar-refractivity contribution in [3.8, 4) is 11.5 Å². The van der Waals surface area contributed by atoms with Crippen molar-refractivity contribution in [1.82, 2.24) is 15.1 Å². The normalized spacial score (nSPS) is 10.8. The van der Waals surface area contributed by atoms with Gasteiger partial charge in [-0.2, -0.15) is 11.3 Å². The van der Waals surface area contributed by atoms with E-state index in [0.29, 0.717) is 17.7 Å². The second kappa shape index (κ2) is 7.63. The van der Waals surface area contributed by atoms with Crippen molar-refractivity contribution in [3.63, 3.8) is 0 Å². The first-order valence-corrected chi connectivity index (χ1v) is 9.33. The van der Waals surface area contributed by atoms with Crippen molar-refractivity contribution in [1.29, 1.82) is 0 Å². The van der Waals surface area contributed by atoms with E-state index < -0.39 is 0 Å². The van der Waals surface area contributed by atoms with Crippen molar-refractivity contribution < 1.29 is 9.21 Å². The Hall–Kier alpha value is -2.12. The summed E-state index contributed by atoms with van der Waals surface area (Å²) in [7, 11) is 1.80. The van der Waals surface area contributed by atoms with Gasteiger partial charge in [-0.25, -0.2) is 0 Å². The maximum absolute atomic E-state index is 12.2. The van der Waals surface area contributed by atoms with Gasteiger partial charge in [-0.1, -0.05) is 29.5 Å². The van der Waals surface area contributed by atoms with E-state index in [1.807, 2.05) is 48.0 Å². The molecule has 3 rings (SSSR count). The Morgan fingerprint density at radius 3 is 2.96 bits per heavy atom. The van der Waals surface area contributed by atoms with Crippen LogP contribution in [0.2, 0.25) is 0 Å². The molecule has 0 bridgehead atoms. The number of benzene rings is 1. The van der Waals surface area contributed by atoms with E-state index in [4.69, 9.17) is 4.42 Å². The molecule has 0 aliphatic rings. The summed E-state index contributed by atoms with van der Waals surface area (Å²) in [6, 6.07) is 9.90. The summed E-state index contributed by atoms with van der Waals surface area (Å²) >= 11 is 2.89. The Morgan fingerprint density at radius 2 is 2.21 bits per heavy atom. The van der Waals surface area contributed by atoms with Crippen LogP contribution in [0.15, 0.2) is 50.7 Å². The lowest BCUT2D eigenvalue weighted by atomic mass is 10.1. The number of carbonyl (C=O) groups excluding carboxylic acids is 1. The molecule has 0 unspecified atom stereocenters. The number of carbonyl (C=O) groups is 1. The molecule has 0 aliphatic heterocycles. The predicted octanol–water partition coefficient (Wildman–Crippen LogP) is 3.86. The highest BCUT2D eigenvalue weighted by Gasteiger charge is 2.14. The molecule has 0 atom stereocenters. The summed E-state index contributed by atoms with van der Waals surface area (Å²) in [6.07, 6.45) is 0. The van der Waals surface area contributed by atoms with Gasteiger partial charge in [0.15, 0.2) is 0 Å². The highest BCUT2D eigenvalue weighted by molar-refractivity contribution is 7.99. The molecule has 24 heavy (non-hydrogen) atoms. The zero-order chi connectivity index (χ0) is 16.9. The monoisotopic (exact) mass is 359 g/mol. The van der Waals surface area contributed by atoms with Crippen molar-refractivity contribution >= 4 is 29.0 Å². The Kier molecular flexibility index (Phi) is 5.32. The molecule has 0 aliphatic carbocycles. The number of rotatable bonds is 6. The van der Waals surface area contributed by atoms with Gasteiger partial charge in [0, 0.05) is 19.2 Å². The van der Waals surface area contributed by atoms with Crippen molar-refractivity contribution in [3.05, 3.63) is 52.2 Å². The molecule has 2 heterocycles. The van der Waals surface area contributed by atoms with Gasteiger partial charge in [0.25, 0.3) is 5.22 Å². The lowest BCUT2D eigenvalue weighted by Crippen LogP contribution is -2.27. The van der Waals surface area contributed by atoms with Gasteiger partial charge >= 0.3 is 0 Å². The van der Waals surface area contributed by atoms with E-state index in [0.717, 1.165) is 16.7 Å². The fraction of sp³-hybridized carbons (Fsp3) is 0.235. The van der Waals surface area contributed by atoms with Crippen LogP contribution < -0.4 is 0 Å². The molecule has 0 saturated heterocycles. The van der Waals surface area contributed by atoms with Gasteiger partial charge < -0.3 is 9.32 Å². The van der Waals surface area contributed by atoms with Crippen LogP contribution in [0.5, 0.6) is 0 Å². The maximum atomic E-state index is 12.2. The Morgan fingerprint density at radius 1 is 1.33 bits per heavy atom. The number of thiophene rings is 1. The van der Waals surface area contributed by atoms with Crippen LogP contribution >= 0.6 is 23.1 Å². The average molecular weight is 359 g/mol. The molecular weight excluding hydrogens is 342 g/mol. The summed E-state index contributed by atoms with van der Waals surface area (Å²) in [4.78, 5) is 13.9. The SMILES string of the molecule is Cc1cccc(-c2nnc(SCC(=O)N(C)Cc3ccsc3)o2)c1. The molecule has 0 radical (unpaired) electrons. The maximum Gasteiger partial charge on any atom is 0.277 e. The molecule has 0 fully saturated rings. The largest absolute Gasteiger partial charge is 0.411 e. The second-order valence-electron chi connectivity index (χ2n) is 5.41. The number of aromatic nitrogens is 2. The van der Waals surface area contributed by atoms with Crippen molar-refractivity contribution in [2.24, 2.45) is 0 Å². The molecule has 7 heteroatoms. The third-order valence-electron chi connectivity index (χ3n) is 3.42. The van der Waals surface area contributed by atoms with Gasteiger partial charge in [-0.3, -0.25) is 4.79 Å². The quantitative estimate of drug-likeness (QED) is 0.626. The smallest absolute Gasteiger partial charge is 0.277 e.